The van der Waals surface area contributed by atoms with Crippen molar-refractivity contribution in [2.45, 2.75) is 289 Å². The van der Waals surface area contributed by atoms with Gasteiger partial charge in [0.2, 0.25) is 0 Å². The molecule has 12 nitrogen and oxygen atoms in total. The number of carboxylic acid groups (broad SMARTS) is 1. The minimum absolute atomic E-state index is 0.0640. The van der Waals surface area contributed by atoms with Gasteiger partial charge in [-0.15, -0.1) is 0 Å². The molecule has 0 spiro atoms. The predicted octanol–water partition coefficient (Wildman–Crippen LogP) is 13.7. The van der Waals surface area contributed by atoms with Gasteiger partial charge in [0.1, 0.15) is 18.8 Å². The van der Waals surface area contributed by atoms with Gasteiger partial charge in [-0.1, -0.05) is 218 Å². The molecular formula is C57H100O12. The van der Waals surface area contributed by atoms with Crippen molar-refractivity contribution < 1.29 is 58.2 Å². The van der Waals surface area contributed by atoms with Gasteiger partial charge in [0.15, 0.2) is 24.6 Å². The SMILES string of the molecule is CC/C=C\C/C=C\C/C=C\CCCCCCCC(=O)OCC(COC1OC(C(=O)O)C(O)C(O)C1OC(=O)CCCCCCCCCCCCCCC)OC(=O)CCCCCCCCCCCCC. The Bertz CT molecular complexity index is 1350. The molecule has 6 atom stereocenters. The lowest BCUT2D eigenvalue weighted by Crippen LogP contribution is -2.61. The summed E-state index contributed by atoms with van der Waals surface area (Å²) in [5.41, 5.74) is 0. The normalized spacial score (nSPS) is 18.9. The van der Waals surface area contributed by atoms with Crippen LogP contribution in [0.15, 0.2) is 36.5 Å². The number of aliphatic carboxylic acids is 1. The Labute approximate surface area is 419 Å². The predicted molar refractivity (Wildman–Crippen MR) is 276 cm³/mol. The summed E-state index contributed by atoms with van der Waals surface area (Å²) in [4.78, 5) is 50.9. The molecule has 0 aromatic carbocycles. The zero-order valence-electron chi connectivity index (χ0n) is 43.8. The lowest BCUT2D eigenvalue weighted by molar-refractivity contribution is -0.301. The van der Waals surface area contributed by atoms with Gasteiger partial charge >= 0.3 is 23.9 Å². The van der Waals surface area contributed by atoms with E-state index in [1.165, 1.54) is 96.3 Å². The number of hydrogen-bond donors (Lipinski definition) is 3. The van der Waals surface area contributed by atoms with Crippen molar-refractivity contribution in [2.75, 3.05) is 13.2 Å². The van der Waals surface area contributed by atoms with Crippen molar-refractivity contribution in [2.24, 2.45) is 0 Å². The second kappa shape index (κ2) is 46.0. The first-order valence-corrected chi connectivity index (χ1v) is 28.0. The first kappa shape index (κ1) is 64.0. The molecule has 0 aliphatic carbocycles. The Morgan fingerprint density at radius 1 is 0.493 bits per heavy atom. The molecule has 12 heteroatoms. The maximum absolute atomic E-state index is 13.1. The number of carbonyl (C=O) groups excluding carboxylic acids is 3. The fraction of sp³-hybridized carbons (Fsp3) is 0.825. The molecule has 69 heavy (non-hydrogen) atoms. The van der Waals surface area contributed by atoms with Gasteiger partial charge < -0.3 is 39.0 Å². The Morgan fingerprint density at radius 3 is 1.39 bits per heavy atom. The summed E-state index contributed by atoms with van der Waals surface area (Å²) in [6, 6.07) is 0. The van der Waals surface area contributed by atoms with Gasteiger partial charge in [-0.2, -0.15) is 0 Å². The molecule has 1 aliphatic heterocycles. The van der Waals surface area contributed by atoms with E-state index in [2.05, 4.69) is 57.2 Å². The van der Waals surface area contributed by atoms with Crippen molar-refractivity contribution in [3.05, 3.63) is 36.5 Å². The average Bonchev–Trinajstić information content (AvgIpc) is 3.33. The third kappa shape index (κ3) is 36.5. The van der Waals surface area contributed by atoms with Gasteiger partial charge in [-0.05, 0) is 51.4 Å². The van der Waals surface area contributed by atoms with Crippen LogP contribution in [0.2, 0.25) is 0 Å². The van der Waals surface area contributed by atoms with Crippen LogP contribution in [0.25, 0.3) is 0 Å². The Hall–Kier alpha value is -3.06. The second-order valence-corrected chi connectivity index (χ2v) is 19.2. The molecule has 6 unspecified atom stereocenters. The van der Waals surface area contributed by atoms with E-state index in [4.69, 9.17) is 23.7 Å². The third-order valence-corrected chi connectivity index (χ3v) is 12.7. The molecule has 0 bridgehead atoms. The first-order chi connectivity index (χ1) is 33.6. The van der Waals surface area contributed by atoms with Crippen LogP contribution in [-0.4, -0.2) is 89.2 Å². The molecule has 1 fully saturated rings. The standard InChI is InChI=1S/C57H100O12/c1-4-7-10-13-16-19-22-24-25-27-29-31-34-37-40-43-49(58)65-46-48(67-50(59)44-41-38-35-32-28-21-18-15-12-9-6-3)47-66-57-55(53(62)52(61)54(69-57)56(63)64)68-51(60)45-42-39-36-33-30-26-23-20-17-14-11-8-5-2/h7,10,16,19,24-25,48,52-55,57,61-62H,4-6,8-9,11-15,17-18,20-23,26-47H2,1-3H3,(H,63,64)/b10-7-,19-16-,25-24-. The van der Waals surface area contributed by atoms with Crippen LogP contribution in [0.5, 0.6) is 0 Å². The number of unbranched alkanes of at least 4 members (excludes halogenated alkanes) is 27. The van der Waals surface area contributed by atoms with E-state index < -0.39 is 67.3 Å². The number of aliphatic hydroxyl groups is 2. The third-order valence-electron chi connectivity index (χ3n) is 12.7. The quantitative estimate of drug-likeness (QED) is 0.0228. The molecule has 1 saturated heterocycles. The number of carboxylic acids is 1. The summed E-state index contributed by atoms with van der Waals surface area (Å²) in [6.07, 6.45) is 39.8. The topological polar surface area (TPSA) is 175 Å². The minimum atomic E-state index is -1.90. The number of esters is 3. The Balaban J connectivity index is 2.70. The lowest BCUT2D eigenvalue weighted by Gasteiger charge is -2.40. The maximum atomic E-state index is 13.1. The summed E-state index contributed by atoms with van der Waals surface area (Å²) in [5.74, 6) is -3.12. The van der Waals surface area contributed by atoms with Crippen molar-refractivity contribution in [3.8, 4) is 0 Å². The highest BCUT2D eigenvalue weighted by Crippen LogP contribution is 2.26. The van der Waals surface area contributed by atoms with Crippen molar-refractivity contribution in [1.29, 1.82) is 0 Å². The maximum Gasteiger partial charge on any atom is 0.335 e. The molecule has 1 rings (SSSR count). The number of aliphatic hydroxyl groups excluding tert-OH is 2. The Kier molecular flexibility index (Phi) is 42.7. The summed E-state index contributed by atoms with van der Waals surface area (Å²) < 4.78 is 28.3. The van der Waals surface area contributed by atoms with Crippen LogP contribution in [0.3, 0.4) is 0 Å². The van der Waals surface area contributed by atoms with Crippen LogP contribution in [0.1, 0.15) is 252 Å². The largest absolute Gasteiger partial charge is 0.479 e. The van der Waals surface area contributed by atoms with Crippen LogP contribution in [-0.2, 0) is 42.9 Å². The Morgan fingerprint density at radius 2 is 0.913 bits per heavy atom. The van der Waals surface area contributed by atoms with Crippen molar-refractivity contribution in [1.82, 2.24) is 0 Å². The van der Waals surface area contributed by atoms with E-state index in [0.29, 0.717) is 19.3 Å². The van der Waals surface area contributed by atoms with Crippen LogP contribution in [0, 0.1) is 0 Å². The molecule has 1 heterocycles. The molecule has 3 N–H and O–H groups in total. The van der Waals surface area contributed by atoms with Gasteiger partial charge in [0.05, 0.1) is 6.61 Å². The number of carbonyl (C=O) groups is 4. The highest BCUT2D eigenvalue weighted by atomic mass is 16.7. The molecule has 0 radical (unpaired) electrons. The van der Waals surface area contributed by atoms with Crippen molar-refractivity contribution >= 4 is 23.9 Å². The van der Waals surface area contributed by atoms with Crippen LogP contribution in [0.4, 0.5) is 0 Å². The van der Waals surface area contributed by atoms with Gasteiger partial charge in [-0.3, -0.25) is 14.4 Å². The van der Waals surface area contributed by atoms with E-state index in [0.717, 1.165) is 96.3 Å². The van der Waals surface area contributed by atoms with E-state index in [-0.39, 0.29) is 25.9 Å². The number of ether oxygens (including phenoxy) is 5. The van der Waals surface area contributed by atoms with E-state index in [1.54, 1.807) is 0 Å². The van der Waals surface area contributed by atoms with E-state index in [1.807, 2.05) is 0 Å². The number of allylic oxidation sites excluding steroid dienone is 6. The van der Waals surface area contributed by atoms with E-state index in [9.17, 15) is 34.5 Å². The fourth-order valence-electron chi connectivity index (χ4n) is 8.44. The van der Waals surface area contributed by atoms with Crippen LogP contribution < -0.4 is 0 Å². The second-order valence-electron chi connectivity index (χ2n) is 19.2. The molecule has 0 aromatic rings. The lowest BCUT2D eigenvalue weighted by atomic mass is 9.98. The smallest absolute Gasteiger partial charge is 0.335 e. The number of rotatable bonds is 47. The molecular weight excluding hydrogens is 877 g/mol. The molecule has 400 valence electrons. The van der Waals surface area contributed by atoms with Crippen LogP contribution >= 0.6 is 0 Å². The number of hydrogen-bond acceptors (Lipinski definition) is 11. The summed E-state index contributed by atoms with van der Waals surface area (Å²) >= 11 is 0. The highest BCUT2D eigenvalue weighted by molar-refractivity contribution is 5.74. The molecule has 0 aromatic heterocycles. The van der Waals surface area contributed by atoms with Crippen molar-refractivity contribution in [3.63, 3.8) is 0 Å². The molecule has 0 amide bonds. The zero-order chi connectivity index (χ0) is 50.4. The van der Waals surface area contributed by atoms with E-state index >= 15 is 0 Å². The monoisotopic (exact) mass is 977 g/mol. The fourth-order valence-corrected chi connectivity index (χ4v) is 8.44. The summed E-state index contributed by atoms with van der Waals surface area (Å²) in [5, 5.41) is 31.4. The average molecular weight is 977 g/mol. The van der Waals surface area contributed by atoms with Gasteiger partial charge in [0, 0.05) is 19.3 Å². The molecule has 1 aliphatic rings. The minimum Gasteiger partial charge on any atom is -0.479 e. The van der Waals surface area contributed by atoms with Gasteiger partial charge in [-0.25, -0.2) is 4.79 Å². The highest BCUT2D eigenvalue weighted by Gasteiger charge is 2.50. The first-order valence-electron chi connectivity index (χ1n) is 28.0. The summed E-state index contributed by atoms with van der Waals surface area (Å²) in [6.45, 7) is 5.85. The van der Waals surface area contributed by atoms with Gasteiger partial charge in [0.25, 0.3) is 0 Å². The zero-order valence-corrected chi connectivity index (χ0v) is 43.8. The molecule has 0 saturated carbocycles. The summed E-state index contributed by atoms with van der Waals surface area (Å²) in [7, 11) is 0.